The molecule has 0 N–H and O–H groups in total. The molecule has 2 aliphatic heterocycles. The summed E-state index contributed by atoms with van der Waals surface area (Å²) in [5.74, 6) is 1.46. The number of aromatic nitrogens is 3. The van der Waals surface area contributed by atoms with E-state index in [1.807, 2.05) is 31.3 Å². The van der Waals surface area contributed by atoms with Gasteiger partial charge in [-0.2, -0.15) is 5.26 Å². The predicted octanol–water partition coefficient (Wildman–Crippen LogP) is 6.86. The van der Waals surface area contributed by atoms with Crippen molar-refractivity contribution < 1.29 is 18.6 Å². The minimum Gasteiger partial charge on any atom is -0.493 e. The Morgan fingerprint density at radius 2 is 1.77 bits per heavy atom. The van der Waals surface area contributed by atoms with Crippen LogP contribution < -0.4 is 9.47 Å². The average Bonchev–Trinajstić information content (AvgIpc) is 3.28. The van der Waals surface area contributed by atoms with Gasteiger partial charge in [-0.1, -0.05) is 18.2 Å². The molecule has 43 heavy (non-hydrogen) atoms. The molecule has 0 unspecified atom stereocenters. The number of nitriles is 1. The number of fused-ring (bicyclic) bond motifs is 7. The Bertz CT molecular complexity index is 1820. The van der Waals surface area contributed by atoms with Crippen LogP contribution in [0.2, 0.25) is 0 Å². The molecule has 8 heteroatoms. The second kappa shape index (κ2) is 12.6. The summed E-state index contributed by atoms with van der Waals surface area (Å²) >= 11 is 0. The number of rotatable bonds is 2. The van der Waals surface area contributed by atoms with E-state index in [0.717, 1.165) is 65.2 Å². The van der Waals surface area contributed by atoms with Gasteiger partial charge >= 0.3 is 0 Å². The van der Waals surface area contributed by atoms with Crippen LogP contribution in [0.25, 0.3) is 22.3 Å². The van der Waals surface area contributed by atoms with E-state index in [0.29, 0.717) is 48.1 Å². The molecule has 0 aliphatic carbocycles. The van der Waals surface area contributed by atoms with E-state index in [-0.39, 0.29) is 5.82 Å². The summed E-state index contributed by atoms with van der Waals surface area (Å²) < 4.78 is 34.6. The highest BCUT2D eigenvalue weighted by atomic mass is 19.1. The van der Waals surface area contributed by atoms with Gasteiger partial charge in [0, 0.05) is 43.9 Å². The topological polar surface area (TPSA) is 82.2 Å². The van der Waals surface area contributed by atoms with Gasteiger partial charge < -0.3 is 18.8 Å². The van der Waals surface area contributed by atoms with Crippen molar-refractivity contribution in [2.45, 2.75) is 39.2 Å². The zero-order valence-corrected chi connectivity index (χ0v) is 24.4. The lowest BCUT2D eigenvalue weighted by Crippen LogP contribution is -2.09. The Hall–Kier alpha value is -4.74. The van der Waals surface area contributed by atoms with Gasteiger partial charge in [0.25, 0.3) is 0 Å². The second-order valence-electron chi connectivity index (χ2n) is 10.9. The number of benzene rings is 3. The normalized spacial score (nSPS) is 14.1. The lowest BCUT2D eigenvalue weighted by molar-refractivity contribution is 0.0367. The summed E-state index contributed by atoms with van der Waals surface area (Å²) in [5.41, 5.74) is 7.29. The summed E-state index contributed by atoms with van der Waals surface area (Å²) in [6.07, 6.45) is 3.14. The van der Waals surface area contributed by atoms with Gasteiger partial charge in [-0.15, -0.1) is 0 Å². The van der Waals surface area contributed by atoms with E-state index in [1.165, 1.54) is 12.5 Å². The van der Waals surface area contributed by atoms with Crippen molar-refractivity contribution in [1.29, 1.82) is 5.26 Å². The lowest BCUT2D eigenvalue weighted by Gasteiger charge is -2.17. The van der Waals surface area contributed by atoms with Gasteiger partial charge in [-0.25, -0.2) is 14.4 Å². The summed E-state index contributed by atoms with van der Waals surface area (Å²) in [6, 6.07) is 22.6. The zero-order chi connectivity index (χ0) is 29.8. The maximum atomic E-state index is 15.6. The molecule has 7 nitrogen and oxygen atoms in total. The molecule has 2 aromatic heterocycles. The quantitative estimate of drug-likeness (QED) is 0.229. The highest BCUT2D eigenvalue weighted by Crippen LogP contribution is 2.33. The van der Waals surface area contributed by atoms with Gasteiger partial charge in [0.1, 0.15) is 24.0 Å². The van der Waals surface area contributed by atoms with Crippen LogP contribution in [0.4, 0.5) is 4.39 Å². The fourth-order valence-corrected chi connectivity index (χ4v) is 5.20. The number of aryl methyl sites for hydroxylation is 3. The average molecular weight is 577 g/mol. The van der Waals surface area contributed by atoms with Crippen molar-refractivity contribution in [2.75, 3.05) is 19.8 Å². The molecule has 4 bridgehead atoms. The van der Waals surface area contributed by atoms with Crippen molar-refractivity contribution >= 4 is 11.0 Å². The van der Waals surface area contributed by atoms with E-state index in [9.17, 15) is 5.26 Å². The van der Waals surface area contributed by atoms with Crippen LogP contribution in [0.15, 0.2) is 66.7 Å². The van der Waals surface area contributed by atoms with Crippen molar-refractivity contribution in [3.8, 4) is 29.0 Å². The summed E-state index contributed by atoms with van der Waals surface area (Å²) in [4.78, 5) is 9.39. The van der Waals surface area contributed by atoms with E-state index in [1.54, 1.807) is 30.3 Å². The van der Waals surface area contributed by atoms with Crippen molar-refractivity contribution in [3.05, 3.63) is 106 Å². The largest absolute Gasteiger partial charge is 0.493 e. The molecule has 1 fully saturated rings. The van der Waals surface area contributed by atoms with Crippen molar-refractivity contribution in [1.82, 2.24) is 14.5 Å². The first-order valence-electron chi connectivity index (χ1n) is 14.6. The molecule has 1 saturated heterocycles. The first-order valence-corrected chi connectivity index (χ1v) is 14.6. The highest BCUT2D eigenvalue weighted by Gasteiger charge is 2.18. The first-order chi connectivity index (χ1) is 21.0. The third kappa shape index (κ3) is 6.37. The minimum absolute atomic E-state index is 0.308. The Morgan fingerprint density at radius 3 is 2.56 bits per heavy atom. The monoisotopic (exact) mass is 576 g/mol. The third-order valence-corrected chi connectivity index (χ3v) is 7.76. The van der Waals surface area contributed by atoms with E-state index in [2.05, 4.69) is 28.6 Å². The highest BCUT2D eigenvalue weighted by molar-refractivity contribution is 5.77. The minimum atomic E-state index is -0.377. The molecule has 4 heterocycles. The van der Waals surface area contributed by atoms with Crippen molar-refractivity contribution in [3.63, 3.8) is 0 Å². The van der Waals surface area contributed by atoms with Gasteiger partial charge in [-0.05, 0) is 85.3 Å². The summed E-state index contributed by atoms with van der Waals surface area (Å²) in [6.45, 7) is 4.80. The Kier molecular flexibility index (Phi) is 8.34. The molecular weight excluding hydrogens is 543 g/mol. The molecule has 5 aromatic rings. The fraction of sp³-hybridized carbons (Fsp3) is 0.286. The van der Waals surface area contributed by atoms with Crippen LogP contribution in [-0.2, 0) is 31.2 Å². The zero-order valence-electron chi connectivity index (χ0n) is 24.4. The molecule has 0 saturated carbocycles. The lowest BCUT2D eigenvalue weighted by atomic mass is 10.0. The van der Waals surface area contributed by atoms with Crippen molar-refractivity contribution in [2.24, 2.45) is 7.05 Å². The SMILES string of the molecule is C1COC1.Cc1ccc2nc(Cc3cc(F)c4cc3OCCCc3cc(C#N)ccc3COc3cccc-4n3)n(C)c2c1. The van der Waals surface area contributed by atoms with Crippen LogP contribution in [0.5, 0.6) is 11.6 Å². The Balaban J connectivity index is 0.000000761. The van der Waals surface area contributed by atoms with Crippen LogP contribution in [0.1, 0.15) is 46.5 Å². The summed E-state index contributed by atoms with van der Waals surface area (Å²) in [7, 11) is 1.98. The first kappa shape index (κ1) is 28.4. The molecule has 0 atom stereocenters. The smallest absolute Gasteiger partial charge is 0.214 e. The number of hydrogen-bond donors (Lipinski definition) is 0. The Labute approximate surface area is 250 Å². The predicted molar refractivity (Wildman–Crippen MR) is 163 cm³/mol. The summed E-state index contributed by atoms with van der Waals surface area (Å²) in [5, 5.41) is 9.39. The molecule has 0 radical (unpaired) electrons. The molecule has 0 spiro atoms. The van der Waals surface area contributed by atoms with Gasteiger partial charge in [0.2, 0.25) is 5.88 Å². The molecule has 218 valence electrons. The molecule has 3 aromatic carbocycles. The number of pyridine rings is 1. The molecular formula is C35H33FN4O3. The molecule has 7 rings (SSSR count). The van der Waals surface area contributed by atoms with Crippen LogP contribution in [0, 0.1) is 24.1 Å². The van der Waals surface area contributed by atoms with Gasteiger partial charge in [0.15, 0.2) is 0 Å². The third-order valence-electron chi connectivity index (χ3n) is 7.76. The number of nitrogens with zero attached hydrogens (tertiary/aromatic N) is 4. The Morgan fingerprint density at radius 1 is 0.930 bits per heavy atom. The number of halogens is 1. The van der Waals surface area contributed by atoms with E-state index >= 15 is 4.39 Å². The number of ether oxygens (including phenoxy) is 3. The molecule has 0 amide bonds. The van der Waals surface area contributed by atoms with Crippen LogP contribution in [0.3, 0.4) is 0 Å². The second-order valence-corrected chi connectivity index (χ2v) is 10.9. The fourth-order valence-electron chi connectivity index (χ4n) is 5.20. The maximum Gasteiger partial charge on any atom is 0.214 e. The van der Waals surface area contributed by atoms with E-state index in [4.69, 9.17) is 19.2 Å². The van der Waals surface area contributed by atoms with Gasteiger partial charge in [0.05, 0.1) is 35.0 Å². The number of imidazole rings is 1. The van der Waals surface area contributed by atoms with Crippen LogP contribution in [-0.4, -0.2) is 34.4 Å². The van der Waals surface area contributed by atoms with Gasteiger partial charge in [-0.3, -0.25) is 0 Å². The standard InChI is InChI=1S/C32H27FN4O2.C3H6O/c1-20-8-11-28-29(13-20)37(2)31(35-28)16-24-15-26(33)25-17-30(24)38-12-4-5-22-14-21(18-34)9-10-23(22)19-39-32-7-3-6-27(25)36-32;1-2-4-3-1/h3,6-11,13-15,17H,4-5,12,16,19H2,1-2H3;1-3H2. The maximum absolute atomic E-state index is 15.6. The van der Waals surface area contributed by atoms with E-state index < -0.39 is 0 Å². The van der Waals surface area contributed by atoms with Crippen LogP contribution >= 0.6 is 0 Å². The molecule has 2 aliphatic rings. The number of hydrogen-bond acceptors (Lipinski definition) is 6.